The van der Waals surface area contributed by atoms with E-state index in [1.54, 1.807) is 13.8 Å². The van der Waals surface area contributed by atoms with E-state index in [-0.39, 0.29) is 37.0 Å². The van der Waals surface area contributed by atoms with Gasteiger partial charge in [-0.15, -0.1) is 0 Å². The molecule has 0 saturated heterocycles. The van der Waals surface area contributed by atoms with Crippen molar-refractivity contribution in [1.82, 2.24) is 16.0 Å². The van der Waals surface area contributed by atoms with Gasteiger partial charge in [0.15, 0.2) is 5.96 Å². The third-order valence-corrected chi connectivity index (χ3v) is 5.90. The van der Waals surface area contributed by atoms with Crippen molar-refractivity contribution in [3.05, 3.63) is 29.8 Å². The molecular weight excluding hydrogens is 498 g/mol. The fraction of sp³-hybridized carbons (Fsp3) is 0.542. The van der Waals surface area contributed by atoms with Crippen molar-refractivity contribution >= 4 is 29.7 Å². The number of carboxylic acid groups (broad SMARTS) is 1. The molecule has 0 unspecified atom stereocenters. The second-order valence-electron chi connectivity index (χ2n) is 8.94. The van der Waals surface area contributed by atoms with Gasteiger partial charge in [0.2, 0.25) is 17.7 Å². The summed E-state index contributed by atoms with van der Waals surface area (Å²) in [6.45, 7) is 3.07. The summed E-state index contributed by atoms with van der Waals surface area (Å²) in [7, 11) is 0. The third kappa shape index (κ3) is 11.0. The Hall–Kier alpha value is -3.91. The summed E-state index contributed by atoms with van der Waals surface area (Å²) in [4.78, 5) is 54.3. The Kier molecular flexibility index (Phi) is 13.6. The maximum absolute atomic E-state index is 13.2. The number of carbonyl (C=O) groups excluding carboxylic acids is 3. The molecule has 0 aliphatic rings. The quantitative estimate of drug-likeness (QED) is 0.0630. The Morgan fingerprint density at radius 1 is 0.974 bits per heavy atom. The van der Waals surface area contributed by atoms with E-state index in [1.807, 2.05) is 0 Å². The molecule has 0 bridgehead atoms. The summed E-state index contributed by atoms with van der Waals surface area (Å²) in [5, 5.41) is 35.8. The Bertz CT molecular complexity index is 967. The lowest BCUT2D eigenvalue weighted by molar-refractivity contribution is -0.142. The summed E-state index contributed by atoms with van der Waals surface area (Å²) < 4.78 is 0. The highest BCUT2D eigenvalue weighted by Crippen LogP contribution is 2.13. The molecule has 1 rings (SSSR count). The fourth-order valence-electron chi connectivity index (χ4n) is 3.42. The predicted octanol–water partition coefficient (Wildman–Crippen LogP) is -2.11. The first kappa shape index (κ1) is 32.1. The highest BCUT2D eigenvalue weighted by Gasteiger charge is 2.32. The Morgan fingerprint density at radius 3 is 2.11 bits per heavy atom. The zero-order chi connectivity index (χ0) is 28.8. The number of hydrogen-bond donors (Lipinski definition) is 9. The number of aliphatic imine (C=N–C) groups is 1. The molecule has 0 aliphatic carbocycles. The van der Waals surface area contributed by atoms with Gasteiger partial charge in [-0.05, 0) is 36.5 Å². The fourth-order valence-corrected chi connectivity index (χ4v) is 3.42. The number of aliphatic hydroxyl groups excluding tert-OH is 1. The normalized spacial score (nSPS) is 14.7. The van der Waals surface area contributed by atoms with Crippen molar-refractivity contribution < 1.29 is 34.5 Å². The minimum absolute atomic E-state index is 0.0177. The average molecular weight is 538 g/mol. The number of phenolic OH excluding ortho intramolecular Hbond substituents is 1. The van der Waals surface area contributed by atoms with Crippen LogP contribution in [0.5, 0.6) is 5.75 Å². The summed E-state index contributed by atoms with van der Waals surface area (Å²) >= 11 is 0. The Morgan fingerprint density at radius 2 is 1.58 bits per heavy atom. The van der Waals surface area contributed by atoms with Crippen LogP contribution >= 0.6 is 0 Å². The number of amides is 3. The molecule has 3 amide bonds. The highest BCUT2D eigenvalue weighted by molar-refractivity contribution is 5.94. The lowest BCUT2D eigenvalue weighted by Gasteiger charge is -2.28. The molecule has 38 heavy (non-hydrogen) atoms. The predicted molar refractivity (Wildman–Crippen MR) is 140 cm³/mol. The van der Waals surface area contributed by atoms with E-state index in [0.717, 1.165) is 0 Å². The lowest BCUT2D eigenvalue weighted by Crippen LogP contribution is -2.59. The van der Waals surface area contributed by atoms with E-state index in [9.17, 15) is 29.4 Å². The van der Waals surface area contributed by atoms with Gasteiger partial charge in [0, 0.05) is 13.0 Å². The number of aliphatic hydroxyl groups is 1. The molecule has 0 aliphatic heterocycles. The second-order valence-corrected chi connectivity index (χ2v) is 8.94. The number of carboxylic acids is 1. The molecule has 1 aromatic carbocycles. The Labute approximate surface area is 221 Å². The van der Waals surface area contributed by atoms with Crippen molar-refractivity contribution in [2.45, 2.75) is 63.7 Å². The molecule has 0 aromatic heterocycles. The van der Waals surface area contributed by atoms with Crippen LogP contribution in [0.2, 0.25) is 0 Å². The van der Waals surface area contributed by atoms with Crippen molar-refractivity contribution in [2.24, 2.45) is 28.1 Å². The largest absolute Gasteiger partial charge is 0.508 e. The number of benzene rings is 1. The maximum Gasteiger partial charge on any atom is 0.326 e. The number of guanidine groups is 1. The summed E-state index contributed by atoms with van der Waals surface area (Å²) in [5.74, 6) is -3.95. The van der Waals surface area contributed by atoms with Crippen LogP contribution in [0.3, 0.4) is 0 Å². The average Bonchev–Trinajstić information content (AvgIpc) is 2.88. The summed E-state index contributed by atoms with van der Waals surface area (Å²) in [5.41, 5.74) is 16.7. The molecule has 12 N–H and O–H groups in total. The molecule has 14 heteroatoms. The van der Waals surface area contributed by atoms with Crippen molar-refractivity contribution in [2.75, 3.05) is 13.2 Å². The first-order chi connectivity index (χ1) is 17.9. The van der Waals surface area contributed by atoms with Crippen LogP contribution in [0.25, 0.3) is 0 Å². The number of nitrogens with zero attached hydrogens (tertiary/aromatic N) is 1. The number of aromatic hydroxyl groups is 1. The monoisotopic (exact) mass is 537 g/mol. The van der Waals surface area contributed by atoms with Gasteiger partial charge in [-0.25, -0.2) is 4.79 Å². The zero-order valence-corrected chi connectivity index (χ0v) is 21.6. The van der Waals surface area contributed by atoms with Gasteiger partial charge in [-0.3, -0.25) is 19.4 Å². The molecule has 14 nitrogen and oxygen atoms in total. The van der Waals surface area contributed by atoms with Gasteiger partial charge in [0.1, 0.15) is 29.9 Å². The van der Waals surface area contributed by atoms with Gasteiger partial charge < -0.3 is 48.5 Å². The molecule has 0 fully saturated rings. The maximum atomic E-state index is 13.2. The van der Waals surface area contributed by atoms with Crippen LogP contribution in [0, 0.1) is 5.92 Å². The van der Waals surface area contributed by atoms with Crippen LogP contribution in [-0.4, -0.2) is 82.3 Å². The summed E-state index contributed by atoms with van der Waals surface area (Å²) in [6, 6.07) is 1.10. The van der Waals surface area contributed by atoms with E-state index in [4.69, 9.17) is 22.3 Å². The van der Waals surface area contributed by atoms with E-state index >= 15 is 0 Å². The number of nitrogens with one attached hydrogen (secondary N) is 3. The highest BCUT2D eigenvalue weighted by atomic mass is 16.4. The van der Waals surface area contributed by atoms with Gasteiger partial charge in [-0.2, -0.15) is 0 Å². The van der Waals surface area contributed by atoms with Gasteiger partial charge in [-0.1, -0.05) is 32.4 Å². The Balaban J connectivity index is 3.05. The van der Waals surface area contributed by atoms with E-state index in [2.05, 4.69) is 20.9 Å². The molecule has 1 aromatic rings. The first-order valence-electron chi connectivity index (χ1n) is 12.2. The van der Waals surface area contributed by atoms with E-state index < -0.39 is 54.5 Å². The van der Waals surface area contributed by atoms with Crippen LogP contribution in [-0.2, 0) is 25.6 Å². The van der Waals surface area contributed by atoms with Gasteiger partial charge in [0.25, 0.3) is 0 Å². The van der Waals surface area contributed by atoms with E-state index in [1.165, 1.54) is 24.3 Å². The first-order valence-corrected chi connectivity index (χ1v) is 12.2. The lowest BCUT2D eigenvalue weighted by atomic mass is 9.96. The molecular formula is C24H39N7O7. The van der Waals surface area contributed by atoms with Gasteiger partial charge >= 0.3 is 5.97 Å². The topological polar surface area (TPSA) is 255 Å². The SMILES string of the molecule is CC[C@H](C)[C@H](NC(=O)[C@H](CCCN=C(N)N)NC(=O)[C@@H](N)CO)C(=O)N[C@@H](Cc1ccc(O)cc1)C(=O)O. The number of hydrogen-bond acceptors (Lipinski definition) is 8. The molecule has 0 heterocycles. The molecule has 5 atom stereocenters. The molecule has 0 saturated carbocycles. The van der Waals surface area contributed by atoms with Crippen LogP contribution < -0.4 is 33.2 Å². The van der Waals surface area contributed by atoms with Crippen molar-refractivity contribution in [3.63, 3.8) is 0 Å². The van der Waals surface area contributed by atoms with Crippen molar-refractivity contribution in [1.29, 1.82) is 0 Å². The molecule has 0 spiro atoms. The second kappa shape index (κ2) is 16.0. The number of phenols is 1. The number of rotatable bonds is 16. The number of aliphatic carboxylic acids is 1. The molecule has 0 radical (unpaired) electrons. The standard InChI is InChI=1S/C24H39N7O7/c1-3-13(2)19(22(36)30-18(23(37)38)11-14-6-8-15(33)9-7-14)31-21(35)17(5-4-10-28-24(26)27)29-20(34)16(25)12-32/h6-9,13,16-19,32-33H,3-5,10-12,25H2,1-2H3,(H,29,34)(H,30,36)(H,31,35)(H,37,38)(H4,26,27,28)/t13-,16-,17-,18-,19-/m0/s1. The third-order valence-electron chi connectivity index (χ3n) is 5.90. The zero-order valence-electron chi connectivity index (χ0n) is 21.6. The van der Waals surface area contributed by atoms with Crippen LogP contribution in [0.4, 0.5) is 0 Å². The van der Waals surface area contributed by atoms with Gasteiger partial charge in [0.05, 0.1) is 6.61 Å². The van der Waals surface area contributed by atoms with Crippen molar-refractivity contribution in [3.8, 4) is 5.75 Å². The smallest absolute Gasteiger partial charge is 0.326 e. The minimum atomic E-state index is -1.30. The summed E-state index contributed by atoms with van der Waals surface area (Å²) in [6.07, 6.45) is 0.828. The number of carbonyl (C=O) groups is 4. The van der Waals surface area contributed by atoms with Crippen LogP contribution in [0.15, 0.2) is 29.3 Å². The molecule has 212 valence electrons. The number of nitrogens with two attached hydrogens (primary N) is 3. The van der Waals surface area contributed by atoms with E-state index in [0.29, 0.717) is 18.4 Å². The van der Waals surface area contributed by atoms with Crippen LogP contribution in [0.1, 0.15) is 38.7 Å². The minimum Gasteiger partial charge on any atom is -0.508 e.